The fourth-order valence-electron chi connectivity index (χ4n) is 3.19. The highest BCUT2D eigenvalue weighted by molar-refractivity contribution is 5.93. The van der Waals surface area contributed by atoms with Gasteiger partial charge in [0.05, 0.1) is 11.2 Å². The van der Waals surface area contributed by atoms with Gasteiger partial charge in [0.25, 0.3) is 0 Å². The summed E-state index contributed by atoms with van der Waals surface area (Å²) in [4.78, 5) is 27.3. The molecule has 0 fully saturated rings. The molecule has 2 aromatic rings. The number of urea groups is 1. The highest BCUT2D eigenvalue weighted by Gasteiger charge is 2.26. The molecule has 0 saturated carbocycles. The molecule has 176 valence electrons. The van der Waals surface area contributed by atoms with Gasteiger partial charge in [-0.2, -0.15) is 5.10 Å². The molecule has 0 saturated heterocycles. The van der Waals surface area contributed by atoms with Crippen LogP contribution in [0.2, 0.25) is 0 Å². The maximum absolute atomic E-state index is 12.9. The van der Waals surface area contributed by atoms with Crippen molar-refractivity contribution in [2.45, 2.75) is 78.8 Å². The van der Waals surface area contributed by atoms with Crippen LogP contribution in [0.5, 0.6) is 0 Å². The first-order valence-corrected chi connectivity index (χ1v) is 11.4. The van der Waals surface area contributed by atoms with E-state index in [1.54, 1.807) is 4.90 Å². The number of anilines is 1. The topological polar surface area (TPSA) is 79.3 Å². The van der Waals surface area contributed by atoms with Gasteiger partial charge in [-0.05, 0) is 32.8 Å². The van der Waals surface area contributed by atoms with Crippen molar-refractivity contribution >= 4 is 17.8 Å². The Balaban J connectivity index is 2.11. The lowest BCUT2D eigenvalue weighted by Gasteiger charge is -2.25. The standard InChI is InChI=1S/C25H39N5O2/c1-8-9-15-29(23(32)26-17-19-13-11-10-12-14-19)18-22(31)27-21-16-20(24(2,3)4)28-30(21)25(5,6)7/h10-14,16H,8-9,15,17-18H2,1-7H3,(H,26,32)(H,27,31). The Hall–Kier alpha value is -2.83. The van der Waals surface area contributed by atoms with Crippen molar-refractivity contribution in [1.29, 1.82) is 0 Å². The van der Waals surface area contributed by atoms with E-state index in [1.165, 1.54) is 0 Å². The van der Waals surface area contributed by atoms with Gasteiger partial charge >= 0.3 is 6.03 Å². The third kappa shape index (κ3) is 7.39. The molecule has 7 heteroatoms. The van der Waals surface area contributed by atoms with Crippen LogP contribution in [0.25, 0.3) is 0 Å². The third-order valence-electron chi connectivity index (χ3n) is 5.07. The number of amides is 3. The minimum atomic E-state index is -0.291. The largest absolute Gasteiger partial charge is 0.334 e. The van der Waals surface area contributed by atoms with Gasteiger partial charge in [-0.15, -0.1) is 0 Å². The van der Waals surface area contributed by atoms with E-state index < -0.39 is 0 Å². The van der Waals surface area contributed by atoms with Gasteiger partial charge in [-0.25, -0.2) is 9.48 Å². The van der Waals surface area contributed by atoms with E-state index in [1.807, 2.05) is 61.9 Å². The van der Waals surface area contributed by atoms with Gasteiger partial charge in [0.15, 0.2) is 0 Å². The number of rotatable bonds is 8. The molecule has 3 amide bonds. The van der Waals surface area contributed by atoms with Crippen molar-refractivity contribution < 1.29 is 9.59 Å². The van der Waals surface area contributed by atoms with Crippen molar-refractivity contribution in [1.82, 2.24) is 20.0 Å². The molecule has 32 heavy (non-hydrogen) atoms. The highest BCUT2D eigenvalue weighted by Crippen LogP contribution is 2.28. The van der Waals surface area contributed by atoms with Crippen LogP contribution in [0.4, 0.5) is 10.6 Å². The first-order chi connectivity index (χ1) is 14.9. The Labute approximate surface area is 192 Å². The zero-order chi connectivity index (χ0) is 23.9. The molecule has 1 heterocycles. The lowest BCUT2D eigenvalue weighted by Crippen LogP contribution is -2.44. The Morgan fingerprint density at radius 1 is 1.06 bits per heavy atom. The normalized spacial score (nSPS) is 11.8. The minimum absolute atomic E-state index is 0.0131. The second-order valence-electron chi connectivity index (χ2n) is 10.2. The molecule has 0 radical (unpaired) electrons. The zero-order valence-electron chi connectivity index (χ0n) is 20.7. The molecule has 0 aliphatic carbocycles. The molecular formula is C25H39N5O2. The van der Waals surface area contributed by atoms with E-state index in [0.29, 0.717) is 18.9 Å². The average molecular weight is 442 g/mol. The molecule has 0 unspecified atom stereocenters. The lowest BCUT2D eigenvalue weighted by atomic mass is 9.92. The number of nitrogens with one attached hydrogen (secondary N) is 2. The summed E-state index contributed by atoms with van der Waals surface area (Å²) >= 11 is 0. The summed E-state index contributed by atoms with van der Waals surface area (Å²) in [7, 11) is 0. The summed E-state index contributed by atoms with van der Waals surface area (Å²) in [5.74, 6) is 0.411. The Bertz CT molecular complexity index is 891. The van der Waals surface area contributed by atoms with Crippen molar-refractivity contribution in [2.24, 2.45) is 0 Å². The van der Waals surface area contributed by atoms with Crippen molar-refractivity contribution in [2.75, 3.05) is 18.4 Å². The number of unbranched alkanes of at least 4 members (excludes halogenated alkanes) is 1. The second-order valence-corrected chi connectivity index (χ2v) is 10.2. The second kappa shape index (κ2) is 10.7. The molecule has 0 aliphatic rings. The number of hydrogen-bond acceptors (Lipinski definition) is 3. The molecule has 0 bridgehead atoms. The van der Waals surface area contributed by atoms with E-state index in [2.05, 4.69) is 38.3 Å². The fraction of sp³-hybridized carbons (Fsp3) is 0.560. The average Bonchev–Trinajstić information content (AvgIpc) is 3.14. The molecule has 2 N–H and O–H groups in total. The molecule has 1 aromatic carbocycles. The van der Waals surface area contributed by atoms with Gasteiger partial charge in [-0.1, -0.05) is 64.4 Å². The molecule has 2 rings (SSSR count). The maximum atomic E-state index is 12.9. The summed E-state index contributed by atoms with van der Waals surface area (Å²) in [6.45, 7) is 15.4. The van der Waals surface area contributed by atoms with Crippen LogP contribution < -0.4 is 10.6 Å². The van der Waals surface area contributed by atoms with Crippen LogP contribution in [-0.2, 0) is 22.3 Å². The predicted molar refractivity (Wildman–Crippen MR) is 130 cm³/mol. The van der Waals surface area contributed by atoms with Gasteiger partial charge < -0.3 is 15.5 Å². The van der Waals surface area contributed by atoms with E-state index in [-0.39, 0.29) is 29.4 Å². The molecule has 7 nitrogen and oxygen atoms in total. The highest BCUT2D eigenvalue weighted by atomic mass is 16.2. The number of aromatic nitrogens is 2. The van der Waals surface area contributed by atoms with Gasteiger partial charge in [-0.3, -0.25) is 4.79 Å². The quantitative estimate of drug-likeness (QED) is 0.612. The van der Waals surface area contributed by atoms with Gasteiger partial charge in [0.1, 0.15) is 12.4 Å². The van der Waals surface area contributed by atoms with Crippen LogP contribution in [-0.4, -0.2) is 39.7 Å². The molecule has 0 aliphatic heterocycles. The van der Waals surface area contributed by atoms with Crippen LogP contribution in [0.3, 0.4) is 0 Å². The molecule has 0 atom stereocenters. The molecule has 0 spiro atoms. The van der Waals surface area contributed by atoms with Crippen LogP contribution in [0.1, 0.15) is 72.6 Å². The predicted octanol–water partition coefficient (Wildman–Crippen LogP) is 4.89. The smallest absolute Gasteiger partial charge is 0.318 e. The minimum Gasteiger partial charge on any atom is -0.334 e. The van der Waals surface area contributed by atoms with E-state index in [0.717, 1.165) is 24.1 Å². The number of benzene rings is 1. The third-order valence-corrected chi connectivity index (χ3v) is 5.07. The van der Waals surface area contributed by atoms with Crippen molar-refractivity contribution in [3.63, 3.8) is 0 Å². The number of carbonyl (C=O) groups is 2. The molecule has 1 aromatic heterocycles. The van der Waals surface area contributed by atoms with Crippen molar-refractivity contribution in [3.8, 4) is 0 Å². The Morgan fingerprint density at radius 2 is 1.72 bits per heavy atom. The summed E-state index contributed by atoms with van der Waals surface area (Å²) < 4.78 is 1.84. The van der Waals surface area contributed by atoms with Crippen LogP contribution in [0, 0.1) is 0 Å². The van der Waals surface area contributed by atoms with E-state index in [9.17, 15) is 9.59 Å². The summed E-state index contributed by atoms with van der Waals surface area (Å²) in [5, 5.41) is 10.7. The zero-order valence-corrected chi connectivity index (χ0v) is 20.7. The first-order valence-electron chi connectivity index (χ1n) is 11.4. The van der Waals surface area contributed by atoms with Crippen LogP contribution in [0.15, 0.2) is 36.4 Å². The Kier molecular flexibility index (Phi) is 8.47. The number of nitrogens with zero attached hydrogens (tertiary/aromatic N) is 3. The summed E-state index contributed by atoms with van der Waals surface area (Å²) in [5.41, 5.74) is 1.50. The number of hydrogen-bond donors (Lipinski definition) is 2. The van der Waals surface area contributed by atoms with Crippen LogP contribution >= 0.6 is 0 Å². The van der Waals surface area contributed by atoms with E-state index >= 15 is 0 Å². The summed E-state index contributed by atoms with van der Waals surface area (Å²) in [6, 6.07) is 11.4. The van der Waals surface area contributed by atoms with Gasteiger partial charge in [0.2, 0.25) is 5.91 Å². The number of carbonyl (C=O) groups excluding carboxylic acids is 2. The monoisotopic (exact) mass is 441 g/mol. The maximum Gasteiger partial charge on any atom is 0.318 e. The SMILES string of the molecule is CCCCN(CC(=O)Nc1cc(C(C)(C)C)nn1C(C)(C)C)C(=O)NCc1ccccc1. The fourth-order valence-corrected chi connectivity index (χ4v) is 3.19. The Morgan fingerprint density at radius 3 is 2.28 bits per heavy atom. The first kappa shape index (κ1) is 25.4. The summed E-state index contributed by atoms with van der Waals surface area (Å²) in [6.07, 6.45) is 1.77. The van der Waals surface area contributed by atoms with Gasteiger partial charge in [0, 0.05) is 24.6 Å². The molecular weight excluding hydrogens is 402 g/mol. The van der Waals surface area contributed by atoms with E-state index in [4.69, 9.17) is 5.10 Å². The lowest BCUT2D eigenvalue weighted by molar-refractivity contribution is -0.116. The van der Waals surface area contributed by atoms with Crippen molar-refractivity contribution in [3.05, 3.63) is 47.7 Å².